The molecular formula is C13H14ClF3N2O2. The molecule has 2 amide bonds. The van der Waals surface area contributed by atoms with Gasteiger partial charge in [0.15, 0.2) is 0 Å². The highest BCUT2D eigenvalue weighted by Gasteiger charge is 2.34. The van der Waals surface area contributed by atoms with E-state index in [1.807, 2.05) is 0 Å². The van der Waals surface area contributed by atoms with Crippen LogP contribution in [0.2, 0.25) is 5.02 Å². The van der Waals surface area contributed by atoms with E-state index in [1.54, 1.807) is 6.92 Å². The van der Waals surface area contributed by atoms with E-state index in [1.165, 1.54) is 6.07 Å². The van der Waals surface area contributed by atoms with Crippen molar-refractivity contribution >= 4 is 29.1 Å². The van der Waals surface area contributed by atoms with Gasteiger partial charge in [-0.05, 0) is 24.6 Å². The molecule has 0 radical (unpaired) electrons. The van der Waals surface area contributed by atoms with Crippen LogP contribution in [-0.2, 0) is 15.8 Å². The van der Waals surface area contributed by atoms with E-state index in [4.69, 9.17) is 11.6 Å². The molecule has 0 atom stereocenters. The minimum atomic E-state index is -4.64. The SMILES string of the molecule is CCCC(=O)NCC(=O)Nc1ccc(Cl)cc1C(F)(F)F. The average Bonchev–Trinajstić information content (AvgIpc) is 2.38. The molecule has 0 bridgehead atoms. The highest BCUT2D eigenvalue weighted by atomic mass is 35.5. The molecular weight excluding hydrogens is 309 g/mol. The normalized spacial score (nSPS) is 11.1. The molecule has 1 aromatic rings. The number of carbonyl (C=O) groups is 2. The van der Waals surface area contributed by atoms with Gasteiger partial charge in [-0.15, -0.1) is 0 Å². The van der Waals surface area contributed by atoms with E-state index in [-0.39, 0.29) is 17.4 Å². The van der Waals surface area contributed by atoms with Crippen LogP contribution in [-0.4, -0.2) is 18.4 Å². The fraction of sp³-hybridized carbons (Fsp3) is 0.385. The first-order valence-corrected chi connectivity index (χ1v) is 6.55. The predicted molar refractivity (Wildman–Crippen MR) is 73.0 cm³/mol. The highest BCUT2D eigenvalue weighted by molar-refractivity contribution is 6.30. The van der Waals surface area contributed by atoms with Crippen molar-refractivity contribution in [3.8, 4) is 0 Å². The Bertz CT molecular complexity index is 533. The van der Waals surface area contributed by atoms with Gasteiger partial charge in [0, 0.05) is 11.4 Å². The first kappa shape index (κ1) is 17.3. The lowest BCUT2D eigenvalue weighted by Gasteiger charge is -2.14. The summed E-state index contributed by atoms with van der Waals surface area (Å²) in [7, 11) is 0. The molecule has 0 aromatic heterocycles. The molecule has 21 heavy (non-hydrogen) atoms. The summed E-state index contributed by atoms with van der Waals surface area (Å²) < 4.78 is 38.4. The minimum Gasteiger partial charge on any atom is -0.347 e. The quantitative estimate of drug-likeness (QED) is 0.874. The number of carbonyl (C=O) groups excluding carboxylic acids is 2. The number of amides is 2. The Morgan fingerprint density at radius 1 is 1.24 bits per heavy atom. The number of alkyl halides is 3. The zero-order valence-electron chi connectivity index (χ0n) is 11.2. The van der Waals surface area contributed by atoms with Crippen molar-refractivity contribution in [1.82, 2.24) is 5.32 Å². The smallest absolute Gasteiger partial charge is 0.347 e. The zero-order valence-corrected chi connectivity index (χ0v) is 11.9. The van der Waals surface area contributed by atoms with Crippen LogP contribution in [0, 0.1) is 0 Å². The van der Waals surface area contributed by atoms with Crippen LogP contribution in [0.15, 0.2) is 18.2 Å². The molecule has 0 heterocycles. The first-order valence-electron chi connectivity index (χ1n) is 6.17. The van der Waals surface area contributed by atoms with Gasteiger partial charge >= 0.3 is 6.18 Å². The molecule has 0 saturated carbocycles. The van der Waals surface area contributed by atoms with Gasteiger partial charge in [-0.3, -0.25) is 9.59 Å². The second-order valence-corrected chi connectivity index (χ2v) is 4.70. The molecule has 0 aliphatic rings. The number of nitrogens with one attached hydrogen (secondary N) is 2. The monoisotopic (exact) mass is 322 g/mol. The van der Waals surface area contributed by atoms with Crippen molar-refractivity contribution in [2.45, 2.75) is 25.9 Å². The van der Waals surface area contributed by atoms with Gasteiger partial charge in [-0.25, -0.2) is 0 Å². The summed E-state index contributed by atoms with van der Waals surface area (Å²) in [5.74, 6) is -1.08. The molecule has 1 aromatic carbocycles. The summed E-state index contributed by atoms with van der Waals surface area (Å²) in [6, 6.07) is 3.03. The maximum Gasteiger partial charge on any atom is 0.418 e. The zero-order chi connectivity index (χ0) is 16.0. The van der Waals surface area contributed by atoms with E-state index in [0.29, 0.717) is 6.42 Å². The largest absolute Gasteiger partial charge is 0.418 e. The van der Waals surface area contributed by atoms with Crippen LogP contribution in [0.25, 0.3) is 0 Å². The molecule has 4 nitrogen and oxygen atoms in total. The molecule has 2 N–H and O–H groups in total. The lowest BCUT2D eigenvalue weighted by atomic mass is 10.1. The molecule has 116 valence electrons. The van der Waals surface area contributed by atoms with Crippen LogP contribution in [0.5, 0.6) is 0 Å². The second kappa shape index (κ2) is 7.31. The second-order valence-electron chi connectivity index (χ2n) is 4.26. The van der Waals surface area contributed by atoms with Gasteiger partial charge in [0.1, 0.15) is 0 Å². The van der Waals surface area contributed by atoms with Crippen LogP contribution >= 0.6 is 11.6 Å². The Hall–Kier alpha value is -1.76. The maximum absolute atomic E-state index is 12.8. The van der Waals surface area contributed by atoms with Crippen molar-refractivity contribution in [2.24, 2.45) is 0 Å². The third-order valence-corrected chi connectivity index (χ3v) is 2.72. The fourth-order valence-electron chi connectivity index (χ4n) is 1.55. The van der Waals surface area contributed by atoms with Gasteiger partial charge in [0.25, 0.3) is 0 Å². The Balaban J connectivity index is 2.74. The fourth-order valence-corrected chi connectivity index (χ4v) is 1.72. The molecule has 0 aliphatic heterocycles. The molecule has 0 saturated heterocycles. The summed E-state index contributed by atoms with van der Waals surface area (Å²) in [6.45, 7) is 1.40. The highest BCUT2D eigenvalue weighted by Crippen LogP contribution is 2.36. The van der Waals surface area contributed by atoms with Crippen LogP contribution in [0.1, 0.15) is 25.3 Å². The molecule has 1 rings (SSSR count). The van der Waals surface area contributed by atoms with Crippen LogP contribution in [0.4, 0.5) is 18.9 Å². The van der Waals surface area contributed by atoms with Gasteiger partial charge in [0.2, 0.25) is 11.8 Å². The van der Waals surface area contributed by atoms with Gasteiger partial charge in [-0.2, -0.15) is 13.2 Å². The third-order valence-electron chi connectivity index (χ3n) is 2.48. The Morgan fingerprint density at radius 2 is 1.90 bits per heavy atom. The van der Waals surface area contributed by atoms with E-state index in [0.717, 1.165) is 12.1 Å². The summed E-state index contributed by atoms with van der Waals surface area (Å²) in [5, 5.41) is 4.34. The van der Waals surface area contributed by atoms with Crippen molar-refractivity contribution < 1.29 is 22.8 Å². The third kappa shape index (κ3) is 5.63. The van der Waals surface area contributed by atoms with E-state index in [9.17, 15) is 22.8 Å². The molecule has 0 unspecified atom stereocenters. The Morgan fingerprint density at radius 3 is 2.48 bits per heavy atom. The predicted octanol–water partition coefficient (Wildman–Crippen LogP) is 3.21. The number of halogens is 4. The van der Waals surface area contributed by atoms with Gasteiger partial charge < -0.3 is 10.6 Å². The number of anilines is 1. The number of hydrogen-bond donors (Lipinski definition) is 2. The van der Waals surface area contributed by atoms with Crippen LogP contribution < -0.4 is 10.6 Å². The molecule has 0 aliphatic carbocycles. The standard InChI is InChI=1S/C13H14ClF3N2O2/c1-2-3-11(20)18-7-12(21)19-10-5-4-8(14)6-9(10)13(15,16)17/h4-6H,2-3,7H2,1H3,(H,18,20)(H,19,21). The minimum absolute atomic E-state index is 0.0865. The lowest BCUT2D eigenvalue weighted by Crippen LogP contribution is -2.33. The topological polar surface area (TPSA) is 58.2 Å². The Labute approximate surface area is 124 Å². The van der Waals surface area contributed by atoms with Crippen molar-refractivity contribution in [3.63, 3.8) is 0 Å². The van der Waals surface area contributed by atoms with E-state index in [2.05, 4.69) is 10.6 Å². The summed E-state index contributed by atoms with van der Waals surface area (Å²) in [5.41, 5.74) is -1.44. The van der Waals surface area contributed by atoms with Crippen LogP contribution in [0.3, 0.4) is 0 Å². The first-order chi connectivity index (χ1) is 9.74. The molecule has 8 heteroatoms. The Kier molecular flexibility index (Phi) is 6.02. The summed E-state index contributed by atoms with van der Waals surface area (Å²) in [4.78, 5) is 22.7. The number of benzene rings is 1. The molecule has 0 fully saturated rings. The number of hydrogen-bond acceptors (Lipinski definition) is 2. The van der Waals surface area contributed by atoms with Crippen molar-refractivity contribution in [1.29, 1.82) is 0 Å². The number of rotatable bonds is 5. The summed E-state index contributed by atoms with van der Waals surface area (Å²) in [6.07, 6.45) is -3.77. The average molecular weight is 323 g/mol. The molecule has 0 spiro atoms. The van der Waals surface area contributed by atoms with Gasteiger partial charge in [-0.1, -0.05) is 18.5 Å². The summed E-state index contributed by atoms with van der Waals surface area (Å²) >= 11 is 5.53. The van der Waals surface area contributed by atoms with Crippen molar-refractivity contribution in [3.05, 3.63) is 28.8 Å². The van der Waals surface area contributed by atoms with E-state index < -0.39 is 29.9 Å². The van der Waals surface area contributed by atoms with Gasteiger partial charge in [0.05, 0.1) is 17.8 Å². The van der Waals surface area contributed by atoms with Crippen molar-refractivity contribution in [2.75, 3.05) is 11.9 Å². The lowest BCUT2D eigenvalue weighted by molar-refractivity contribution is -0.137. The van der Waals surface area contributed by atoms with E-state index >= 15 is 0 Å². The maximum atomic E-state index is 12.8.